The van der Waals surface area contributed by atoms with Crippen molar-refractivity contribution in [1.29, 1.82) is 0 Å². The van der Waals surface area contributed by atoms with E-state index in [1.165, 1.54) is 0 Å². The predicted octanol–water partition coefficient (Wildman–Crippen LogP) is 6.00. The fourth-order valence-corrected chi connectivity index (χ4v) is 2.72. The molecule has 0 atom stereocenters. The Hall–Kier alpha value is -1.63. The lowest BCUT2D eigenvalue weighted by Crippen LogP contribution is -2.65. The first-order valence-corrected chi connectivity index (χ1v) is 10.1. The molecule has 0 heterocycles. The highest BCUT2D eigenvalue weighted by Gasteiger charge is 2.86. The summed E-state index contributed by atoms with van der Waals surface area (Å²) in [5.74, 6) is -15.3. The summed E-state index contributed by atoms with van der Waals surface area (Å²) in [6.45, 7) is 9.79. The summed E-state index contributed by atoms with van der Waals surface area (Å²) in [6, 6.07) is 3.24. The molecular formula is C18H22F8O4S. The van der Waals surface area contributed by atoms with Crippen LogP contribution in [0.25, 0.3) is 0 Å². The third kappa shape index (κ3) is 4.91. The normalized spacial score (nSPS) is 15.2. The molecule has 1 aromatic carbocycles. The number of alkyl halides is 8. The van der Waals surface area contributed by atoms with E-state index in [1.807, 2.05) is 0 Å². The van der Waals surface area contributed by atoms with Crippen LogP contribution in [0, 0.1) is 0 Å². The van der Waals surface area contributed by atoms with Crippen LogP contribution in [0.1, 0.15) is 52.7 Å². The molecule has 0 radical (unpaired) electrons. The van der Waals surface area contributed by atoms with Crippen molar-refractivity contribution in [1.82, 2.24) is 0 Å². The second-order valence-electron chi connectivity index (χ2n) is 9.01. The molecule has 1 aromatic rings. The Morgan fingerprint density at radius 3 is 1.35 bits per heavy atom. The highest BCUT2D eigenvalue weighted by atomic mass is 32.2. The summed E-state index contributed by atoms with van der Waals surface area (Å²) in [4.78, 5) is 0. The van der Waals surface area contributed by atoms with Crippen molar-refractivity contribution in [3.8, 4) is 5.75 Å². The van der Waals surface area contributed by atoms with E-state index in [0.29, 0.717) is 0 Å². The van der Waals surface area contributed by atoms with Gasteiger partial charge in [-0.3, -0.25) is 4.55 Å². The van der Waals surface area contributed by atoms with Crippen LogP contribution in [0.4, 0.5) is 35.1 Å². The number of halogens is 8. The Morgan fingerprint density at radius 2 is 1.06 bits per heavy atom. The summed E-state index contributed by atoms with van der Waals surface area (Å²) in [5.41, 5.74) is -0.911. The Kier molecular flexibility index (Phi) is 6.60. The highest BCUT2D eigenvalue weighted by molar-refractivity contribution is 7.87. The summed E-state index contributed by atoms with van der Waals surface area (Å²) in [6.07, 6.45) is -6.30. The lowest BCUT2D eigenvalue weighted by atomic mass is 9.80. The number of hydrogen-bond donors (Lipinski definition) is 1. The van der Waals surface area contributed by atoms with Crippen LogP contribution in [-0.2, 0) is 20.9 Å². The molecule has 0 amide bonds. The average molecular weight is 486 g/mol. The fourth-order valence-electron chi connectivity index (χ4n) is 2.26. The van der Waals surface area contributed by atoms with Gasteiger partial charge in [0.25, 0.3) is 0 Å². The summed E-state index contributed by atoms with van der Waals surface area (Å²) >= 11 is 0. The fraction of sp³-hybridized carbons (Fsp3) is 0.667. The second-order valence-corrected chi connectivity index (χ2v) is 10.5. The van der Waals surface area contributed by atoms with Crippen molar-refractivity contribution >= 4 is 10.1 Å². The number of benzene rings is 1. The molecule has 0 bridgehead atoms. The number of rotatable bonds is 6. The lowest BCUT2D eigenvalue weighted by molar-refractivity contribution is -0.396. The van der Waals surface area contributed by atoms with Gasteiger partial charge < -0.3 is 4.74 Å². The smallest absolute Gasteiger partial charge is 0.428 e. The zero-order valence-corrected chi connectivity index (χ0v) is 18.2. The molecule has 0 aromatic heterocycles. The Morgan fingerprint density at radius 1 is 0.710 bits per heavy atom. The quantitative estimate of drug-likeness (QED) is 0.396. The highest BCUT2D eigenvalue weighted by Crippen LogP contribution is 2.54. The zero-order chi connectivity index (χ0) is 25.1. The Balaban J connectivity index is 3.60. The van der Waals surface area contributed by atoms with Crippen LogP contribution in [0.5, 0.6) is 5.75 Å². The number of ether oxygens (including phenoxy) is 1. The molecule has 0 aliphatic rings. The van der Waals surface area contributed by atoms with Gasteiger partial charge in [-0.25, -0.2) is 0 Å². The van der Waals surface area contributed by atoms with Gasteiger partial charge in [0, 0.05) is 0 Å². The van der Waals surface area contributed by atoms with E-state index in [4.69, 9.17) is 4.55 Å². The minimum absolute atomic E-state index is 0.282. The van der Waals surface area contributed by atoms with E-state index in [-0.39, 0.29) is 11.1 Å². The van der Waals surface area contributed by atoms with Crippen LogP contribution < -0.4 is 4.74 Å². The van der Waals surface area contributed by atoms with Gasteiger partial charge in [-0.05, 0) is 34.1 Å². The van der Waals surface area contributed by atoms with Crippen molar-refractivity contribution in [3.05, 3.63) is 29.3 Å². The topological polar surface area (TPSA) is 63.6 Å². The first-order chi connectivity index (χ1) is 13.3. The van der Waals surface area contributed by atoms with Crippen LogP contribution in [0.2, 0.25) is 0 Å². The molecule has 4 nitrogen and oxygen atoms in total. The standard InChI is InChI=1S/C18H22F8O4S/c1-13(2,3)10-7-11(14(4,5)6)9-12(8-10)30-17(23,24)15(19,20)16(21,22)18(25,26)31(27,28)29/h7-9H,1-6H3,(H,27,28,29). The molecule has 1 N–H and O–H groups in total. The van der Waals surface area contributed by atoms with Gasteiger partial charge in [-0.15, -0.1) is 0 Å². The first-order valence-electron chi connectivity index (χ1n) is 8.62. The molecule has 0 aliphatic heterocycles. The maximum Gasteiger partial charge on any atom is 0.471 e. The molecule has 0 fully saturated rings. The van der Waals surface area contributed by atoms with Gasteiger partial charge in [0.05, 0.1) is 0 Å². The molecule has 31 heavy (non-hydrogen) atoms. The average Bonchev–Trinajstić information content (AvgIpc) is 2.50. The molecular weight excluding hydrogens is 464 g/mol. The number of hydrogen-bond acceptors (Lipinski definition) is 3. The molecule has 0 spiro atoms. The van der Waals surface area contributed by atoms with E-state index in [1.54, 1.807) is 47.6 Å². The summed E-state index contributed by atoms with van der Waals surface area (Å²) < 4.78 is 143. The first kappa shape index (κ1) is 27.4. The lowest BCUT2D eigenvalue weighted by Gasteiger charge is -2.35. The van der Waals surface area contributed by atoms with Crippen LogP contribution >= 0.6 is 0 Å². The van der Waals surface area contributed by atoms with E-state index < -0.39 is 49.9 Å². The Labute approximate surface area is 174 Å². The maximum absolute atomic E-state index is 14.1. The van der Waals surface area contributed by atoms with Crippen LogP contribution in [0.3, 0.4) is 0 Å². The van der Waals surface area contributed by atoms with Gasteiger partial charge in [0.15, 0.2) is 0 Å². The third-order valence-electron chi connectivity index (χ3n) is 4.33. The van der Waals surface area contributed by atoms with E-state index in [0.717, 1.165) is 12.1 Å². The molecule has 0 aliphatic carbocycles. The molecule has 1 rings (SSSR count). The zero-order valence-electron chi connectivity index (χ0n) is 17.3. The minimum Gasteiger partial charge on any atom is -0.428 e. The van der Waals surface area contributed by atoms with E-state index >= 15 is 0 Å². The largest absolute Gasteiger partial charge is 0.471 e. The van der Waals surface area contributed by atoms with Crippen molar-refractivity contribution in [3.63, 3.8) is 0 Å². The predicted molar refractivity (Wildman–Crippen MR) is 95.8 cm³/mol. The molecule has 13 heteroatoms. The van der Waals surface area contributed by atoms with Crippen LogP contribution in [-0.4, -0.2) is 36.2 Å². The molecule has 0 unspecified atom stereocenters. The molecule has 0 saturated heterocycles. The summed E-state index contributed by atoms with van der Waals surface area (Å²) in [7, 11) is -7.18. The third-order valence-corrected chi connectivity index (χ3v) is 5.24. The van der Waals surface area contributed by atoms with Crippen molar-refractivity contribution in [2.75, 3.05) is 0 Å². The van der Waals surface area contributed by atoms with Gasteiger partial charge in [0.2, 0.25) is 0 Å². The minimum atomic E-state index is -7.23. The van der Waals surface area contributed by atoms with Crippen LogP contribution in [0.15, 0.2) is 18.2 Å². The van der Waals surface area contributed by atoms with Crippen molar-refractivity contribution in [2.45, 2.75) is 75.6 Å². The summed E-state index contributed by atoms with van der Waals surface area (Å²) in [5, 5.41) is -6.93. The van der Waals surface area contributed by atoms with E-state index in [2.05, 4.69) is 4.74 Å². The maximum atomic E-state index is 14.1. The van der Waals surface area contributed by atoms with Crippen molar-refractivity contribution in [2.24, 2.45) is 0 Å². The van der Waals surface area contributed by atoms with Gasteiger partial charge in [-0.2, -0.15) is 43.5 Å². The van der Waals surface area contributed by atoms with Gasteiger partial charge in [-0.1, -0.05) is 47.6 Å². The SMILES string of the molecule is CC(C)(C)c1cc(OC(F)(F)C(F)(F)C(F)(F)C(F)(F)S(=O)(=O)O)cc(C(C)(C)C)c1. The molecule has 180 valence electrons. The monoisotopic (exact) mass is 486 g/mol. The Bertz CT molecular complexity index is 897. The van der Waals surface area contributed by atoms with Crippen molar-refractivity contribution < 1.29 is 52.8 Å². The molecule has 0 saturated carbocycles. The van der Waals surface area contributed by atoms with E-state index in [9.17, 15) is 43.5 Å². The van der Waals surface area contributed by atoms with Gasteiger partial charge in [0.1, 0.15) is 5.75 Å². The second kappa shape index (κ2) is 7.46. The van der Waals surface area contributed by atoms with Gasteiger partial charge >= 0.3 is 33.3 Å².